The molecule has 2 aromatic heterocycles. The Morgan fingerprint density at radius 2 is 1.94 bits per heavy atom. The Hall–Kier alpha value is -3.07. The molecule has 1 fully saturated rings. The highest BCUT2D eigenvalue weighted by Crippen LogP contribution is 2.30. The topological polar surface area (TPSA) is 94.2 Å². The minimum absolute atomic E-state index is 0.0731. The zero-order chi connectivity index (χ0) is 22.1. The number of nitrogens with zero attached hydrogens (tertiary/aromatic N) is 4. The molecule has 0 radical (unpaired) electrons. The second-order valence-corrected chi connectivity index (χ2v) is 8.03. The summed E-state index contributed by atoms with van der Waals surface area (Å²) in [5.74, 6) is -0.361. The van der Waals surface area contributed by atoms with Crippen LogP contribution in [0.25, 0.3) is 5.57 Å². The highest BCUT2D eigenvalue weighted by Gasteiger charge is 2.28. The first-order valence-corrected chi connectivity index (χ1v) is 10.5. The van der Waals surface area contributed by atoms with Crippen molar-refractivity contribution in [3.8, 4) is 0 Å². The average molecular weight is 426 g/mol. The Morgan fingerprint density at radius 3 is 2.58 bits per heavy atom. The second kappa shape index (κ2) is 8.58. The van der Waals surface area contributed by atoms with E-state index in [1.54, 1.807) is 19.1 Å². The molecule has 4 rings (SSSR count). The van der Waals surface area contributed by atoms with Crippen molar-refractivity contribution in [2.24, 2.45) is 0 Å². The number of pyridine rings is 1. The van der Waals surface area contributed by atoms with Crippen LogP contribution in [0, 0.1) is 19.8 Å². The summed E-state index contributed by atoms with van der Waals surface area (Å²) in [7, 11) is 1.49. The van der Waals surface area contributed by atoms with Crippen LogP contribution in [0.2, 0.25) is 0 Å². The van der Waals surface area contributed by atoms with Crippen LogP contribution in [-0.4, -0.2) is 65.0 Å². The number of aryl methyl sites for hydroxylation is 1. The van der Waals surface area contributed by atoms with Crippen molar-refractivity contribution in [1.82, 2.24) is 25.2 Å². The number of carbonyl (C=O) groups excluding carboxylic acids is 1. The molecule has 2 aliphatic rings. The number of H-pyrrole nitrogens is 1. The van der Waals surface area contributed by atoms with Crippen LogP contribution in [0.1, 0.15) is 40.4 Å². The standard InChI is InChI=1S/C22H27FN6O2/c1-13-14(2)25-20(27-21(13)30)15-4-5-16(12-15)28-8-10-29(11-9-28)18-7-6-17(22(31)24-3)26-19(18)23/h6-7,12,16H,4-5,8-11H2,1-3H3,(H,24,31)(H,25,27,30). The van der Waals surface area contributed by atoms with Crippen LogP contribution in [0.4, 0.5) is 10.1 Å². The predicted molar refractivity (Wildman–Crippen MR) is 117 cm³/mol. The van der Waals surface area contributed by atoms with Gasteiger partial charge in [-0.05, 0) is 44.4 Å². The normalized spacial score (nSPS) is 19.4. The van der Waals surface area contributed by atoms with Gasteiger partial charge in [-0.2, -0.15) is 4.39 Å². The van der Waals surface area contributed by atoms with Gasteiger partial charge in [0.05, 0.1) is 5.69 Å². The largest absolute Gasteiger partial charge is 0.365 e. The first kappa shape index (κ1) is 21.2. The molecule has 2 N–H and O–H groups in total. The summed E-state index contributed by atoms with van der Waals surface area (Å²) >= 11 is 0. The zero-order valence-corrected chi connectivity index (χ0v) is 18.0. The van der Waals surface area contributed by atoms with Gasteiger partial charge in [0.25, 0.3) is 11.5 Å². The van der Waals surface area contributed by atoms with E-state index in [4.69, 9.17) is 0 Å². The fourth-order valence-electron chi connectivity index (χ4n) is 4.20. The lowest BCUT2D eigenvalue weighted by molar-refractivity contribution is 0.0957. The lowest BCUT2D eigenvalue weighted by Gasteiger charge is -2.38. The number of aromatic nitrogens is 3. The molecule has 0 aromatic carbocycles. The third kappa shape index (κ3) is 4.23. The number of rotatable bonds is 4. The number of carbonyl (C=O) groups is 1. The van der Waals surface area contributed by atoms with Gasteiger partial charge in [-0.3, -0.25) is 14.5 Å². The monoisotopic (exact) mass is 426 g/mol. The number of nitrogens with one attached hydrogen (secondary N) is 2. The van der Waals surface area contributed by atoms with Gasteiger partial charge in [-0.15, -0.1) is 0 Å². The number of hydrogen-bond acceptors (Lipinski definition) is 6. The molecule has 8 nitrogen and oxygen atoms in total. The van der Waals surface area contributed by atoms with E-state index in [-0.39, 0.29) is 17.3 Å². The Labute approximate surface area is 180 Å². The summed E-state index contributed by atoms with van der Waals surface area (Å²) in [4.78, 5) is 39.3. The minimum Gasteiger partial charge on any atom is -0.365 e. The molecular formula is C22H27FN6O2. The fraction of sp³-hybridized carbons (Fsp3) is 0.455. The van der Waals surface area contributed by atoms with E-state index in [1.807, 2.05) is 11.8 Å². The number of aromatic amines is 1. The van der Waals surface area contributed by atoms with Crippen molar-refractivity contribution in [3.63, 3.8) is 0 Å². The third-order valence-corrected chi connectivity index (χ3v) is 6.21. The van der Waals surface area contributed by atoms with Gasteiger partial charge in [0.15, 0.2) is 0 Å². The van der Waals surface area contributed by atoms with E-state index < -0.39 is 11.9 Å². The molecule has 1 amide bonds. The Kier molecular flexibility index (Phi) is 5.86. The first-order chi connectivity index (χ1) is 14.9. The van der Waals surface area contributed by atoms with Crippen molar-refractivity contribution in [2.45, 2.75) is 32.7 Å². The minimum atomic E-state index is -0.623. The molecule has 0 saturated carbocycles. The maximum Gasteiger partial charge on any atom is 0.269 e. The highest BCUT2D eigenvalue weighted by molar-refractivity contribution is 5.92. The molecule has 2 aromatic rings. The molecule has 1 unspecified atom stereocenters. The highest BCUT2D eigenvalue weighted by atomic mass is 19.1. The van der Waals surface area contributed by atoms with Crippen molar-refractivity contribution >= 4 is 17.2 Å². The summed E-state index contributed by atoms with van der Waals surface area (Å²) in [5.41, 5.74) is 2.90. The molecule has 31 heavy (non-hydrogen) atoms. The summed E-state index contributed by atoms with van der Waals surface area (Å²) in [6.45, 7) is 6.58. The smallest absolute Gasteiger partial charge is 0.269 e. The van der Waals surface area contributed by atoms with E-state index >= 15 is 0 Å². The Morgan fingerprint density at radius 1 is 1.19 bits per heavy atom. The molecule has 1 aliphatic carbocycles. The number of allylic oxidation sites excluding steroid dienone is 1. The van der Waals surface area contributed by atoms with E-state index in [1.165, 1.54) is 7.05 Å². The quantitative estimate of drug-likeness (QED) is 0.722. The van der Waals surface area contributed by atoms with Crippen LogP contribution < -0.4 is 15.8 Å². The summed E-state index contributed by atoms with van der Waals surface area (Å²) < 4.78 is 14.5. The van der Waals surface area contributed by atoms with Crippen LogP contribution >= 0.6 is 0 Å². The molecule has 1 atom stereocenters. The molecule has 9 heteroatoms. The molecular weight excluding hydrogens is 399 g/mol. The van der Waals surface area contributed by atoms with Gasteiger partial charge < -0.3 is 15.2 Å². The van der Waals surface area contributed by atoms with Gasteiger partial charge in [-0.25, -0.2) is 9.97 Å². The predicted octanol–water partition coefficient (Wildman–Crippen LogP) is 1.65. The lowest BCUT2D eigenvalue weighted by Crippen LogP contribution is -2.49. The fourth-order valence-corrected chi connectivity index (χ4v) is 4.20. The molecule has 164 valence electrons. The molecule has 0 spiro atoms. The van der Waals surface area contributed by atoms with Crippen molar-refractivity contribution in [1.29, 1.82) is 0 Å². The van der Waals surface area contributed by atoms with Crippen LogP contribution in [-0.2, 0) is 0 Å². The molecule has 3 heterocycles. The van der Waals surface area contributed by atoms with Crippen molar-refractivity contribution in [2.75, 3.05) is 38.1 Å². The number of hydrogen-bond donors (Lipinski definition) is 2. The van der Waals surface area contributed by atoms with E-state index in [9.17, 15) is 14.0 Å². The number of piperazine rings is 1. The van der Waals surface area contributed by atoms with Crippen LogP contribution in [0.5, 0.6) is 0 Å². The van der Waals surface area contributed by atoms with Gasteiger partial charge in [0.2, 0.25) is 5.95 Å². The van der Waals surface area contributed by atoms with Gasteiger partial charge in [0, 0.05) is 50.5 Å². The average Bonchev–Trinajstić information content (AvgIpc) is 3.27. The third-order valence-electron chi connectivity index (χ3n) is 6.21. The SMILES string of the molecule is CNC(=O)c1ccc(N2CCN(C3C=C(c4nc(C)c(C)c(=O)[nH]4)CC3)CC2)c(F)n1. The van der Waals surface area contributed by atoms with Gasteiger partial charge in [-0.1, -0.05) is 6.08 Å². The number of amides is 1. The van der Waals surface area contributed by atoms with E-state index in [2.05, 4.69) is 31.2 Å². The Bertz CT molecular complexity index is 1090. The Balaban J connectivity index is 1.42. The van der Waals surface area contributed by atoms with Gasteiger partial charge >= 0.3 is 0 Å². The molecule has 1 saturated heterocycles. The maximum absolute atomic E-state index is 14.5. The molecule has 1 aliphatic heterocycles. The van der Waals surface area contributed by atoms with Crippen LogP contribution in [0.15, 0.2) is 23.0 Å². The number of halogens is 1. The van der Waals surface area contributed by atoms with E-state index in [0.717, 1.165) is 37.2 Å². The maximum atomic E-state index is 14.5. The molecule has 0 bridgehead atoms. The number of anilines is 1. The zero-order valence-electron chi connectivity index (χ0n) is 18.0. The summed E-state index contributed by atoms with van der Waals surface area (Å²) in [5, 5.41) is 2.45. The summed E-state index contributed by atoms with van der Waals surface area (Å²) in [6, 6.07) is 3.45. The van der Waals surface area contributed by atoms with Crippen molar-refractivity contribution < 1.29 is 9.18 Å². The van der Waals surface area contributed by atoms with E-state index in [0.29, 0.717) is 30.2 Å². The van der Waals surface area contributed by atoms with Crippen LogP contribution in [0.3, 0.4) is 0 Å². The lowest BCUT2D eigenvalue weighted by atomic mass is 10.2. The first-order valence-electron chi connectivity index (χ1n) is 10.5. The van der Waals surface area contributed by atoms with Gasteiger partial charge in [0.1, 0.15) is 11.5 Å². The second-order valence-electron chi connectivity index (χ2n) is 8.03. The summed E-state index contributed by atoms with van der Waals surface area (Å²) in [6.07, 6.45) is 4.04. The van der Waals surface area contributed by atoms with Crippen molar-refractivity contribution in [3.05, 3.63) is 57.3 Å².